The van der Waals surface area contributed by atoms with E-state index >= 15 is 0 Å². The fourth-order valence-electron chi connectivity index (χ4n) is 3.07. The highest BCUT2D eigenvalue weighted by Crippen LogP contribution is 2.44. The minimum atomic E-state index is -4.21. The molecule has 1 aliphatic heterocycles. The SMILES string of the molecule is CCS(=O)(=O)N(C)C1CC(C)(C)Oc2ccc(OCCCC(F)(F)F)cc21. The van der Waals surface area contributed by atoms with Gasteiger partial charge in [0.2, 0.25) is 10.0 Å². The van der Waals surface area contributed by atoms with Crippen molar-refractivity contribution >= 4 is 10.0 Å². The van der Waals surface area contributed by atoms with Gasteiger partial charge in [0, 0.05) is 25.5 Å². The molecule has 0 amide bonds. The molecule has 0 N–H and O–H groups in total. The summed E-state index contributed by atoms with van der Waals surface area (Å²) < 4.78 is 74.1. The Kier molecular flexibility index (Phi) is 6.36. The Morgan fingerprint density at radius 3 is 2.59 bits per heavy atom. The Hall–Kier alpha value is -1.48. The summed E-state index contributed by atoms with van der Waals surface area (Å²) in [5.41, 5.74) is 0.103. The molecule has 154 valence electrons. The Labute approximate surface area is 158 Å². The normalized spacial score (nSPS) is 19.5. The zero-order valence-electron chi connectivity index (χ0n) is 16.0. The number of rotatable bonds is 7. The molecule has 1 aromatic carbocycles. The van der Waals surface area contributed by atoms with Crippen molar-refractivity contribution in [3.8, 4) is 11.5 Å². The fraction of sp³-hybridized carbons (Fsp3) is 0.667. The lowest BCUT2D eigenvalue weighted by atomic mass is 9.89. The van der Waals surface area contributed by atoms with Crippen LogP contribution in [-0.4, -0.2) is 43.9 Å². The zero-order chi connectivity index (χ0) is 20.5. The van der Waals surface area contributed by atoms with Gasteiger partial charge in [0.25, 0.3) is 0 Å². The second-order valence-corrected chi connectivity index (χ2v) is 9.58. The molecular formula is C18H26F3NO4S. The second-order valence-electron chi connectivity index (χ2n) is 7.27. The van der Waals surface area contributed by atoms with Crippen LogP contribution in [0.25, 0.3) is 0 Å². The summed E-state index contributed by atoms with van der Waals surface area (Å²) in [6, 6.07) is 4.52. The van der Waals surface area contributed by atoms with E-state index in [1.807, 2.05) is 13.8 Å². The van der Waals surface area contributed by atoms with Crippen LogP contribution in [-0.2, 0) is 10.0 Å². The van der Waals surface area contributed by atoms with Crippen LogP contribution >= 0.6 is 0 Å². The quantitative estimate of drug-likeness (QED) is 0.631. The van der Waals surface area contributed by atoms with Crippen LogP contribution in [0.5, 0.6) is 11.5 Å². The van der Waals surface area contributed by atoms with Crippen molar-refractivity contribution in [2.75, 3.05) is 19.4 Å². The Morgan fingerprint density at radius 1 is 1.33 bits per heavy atom. The van der Waals surface area contributed by atoms with E-state index in [0.29, 0.717) is 23.5 Å². The summed E-state index contributed by atoms with van der Waals surface area (Å²) in [5, 5.41) is 0. The number of sulfonamides is 1. The maximum absolute atomic E-state index is 12.4. The molecule has 1 aromatic rings. The van der Waals surface area contributed by atoms with Crippen molar-refractivity contribution in [3.05, 3.63) is 23.8 Å². The first kappa shape index (κ1) is 21.8. The van der Waals surface area contributed by atoms with Gasteiger partial charge in [0.1, 0.15) is 17.1 Å². The molecule has 0 saturated heterocycles. The molecule has 0 saturated carbocycles. The van der Waals surface area contributed by atoms with E-state index in [9.17, 15) is 21.6 Å². The monoisotopic (exact) mass is 409 g/mol. The number of alkyl halides is 3. The van der Waals surface area contributed by atoms with Gasteiger partial charge in [-0.15, -0.1) is 0 Å². The highest BCUT2D eigenvalue weighted by Gasteiger charge is 2.39. The van der Waals surface area contributed by atoms with Crippen LogP contribution in [0, 0.1) is 0 Å². The van der Waals surface area contributed by atoms with Gasteiger partial charge in [-0.05, 0) is 45.4 Å². The second kappa shape index (κ2) is 7.87. The molecule has 27 heavy (non-hydrogen) atoms. The average Bonchev–Trinajstić information content (AvgIpc) is 2.56. The van der Waals surface area contributed by atoms with Crippen molar-refractivity contribution in [3.63, 3.8) is 0 Å². The molecule has 0 fully saturated rings. The van der Waals surface area contributed by atoms with E-state index < -0.39 is 34.3 Å². The molecule has 9 heteroatoms. The third-order valence-electron chi connectivity index (χ3n) is 4.53. The Bertz CT molecular complexity index is 762. The molecular weight excluding hydrogens is 383 g/mol. The van der Waals surface area contributed by atoms with Gasteiger partial charge in [-0.3, -0.25) is 0 Å². The van der Waals surface area contributed by atoms with Crippen molar-refractivity contribution in [2.24, 2.45) is 0 Å². The van der Waals surface area contributed by atoms with Gasteiger partial charge >= 0.3 is 6.18 Å². The van der Waals surface area contributed by atoms with Gasteiger partial charge in [-0.25, -0.2) is 8.42 Å². The van der Waals surface area contributed by atoms with Gasteiger partial charge in [0.05, 0.1) is 18.4 Å². The molecule has 0 spiro atoms. The number of hydrogen-bond acceptors (Lipinski definition) is 4. The van der Waals surface area contributed by atoms with Crippen molar-refractivity contribution < 1.29 is 31.1 Å². The molecule has 0 aromatic heterocycles. The highest BCUT2D eigenvalue weighted by molar-refractivity contribution is 7.89. The topological polar surface area (TPSA) is 55.8 Å². The molecule has 0 radical (unpaired) electrons. The van der Waals surface area contributed by atoms with E-state index in [0.717, 1.165) is 0 Å². The third kappa shape index (κ3) is 5.75. The summed E-state index contributed by atoms with van der Waals surface area (Å²) in [4.78, 5) is 0. The lowest BCUT2D eigenvalue weighted by molar-refractivity contribution is -0.136. The van der Waals surface area contributed by atoms with Gasteiger partial charge in [-0.1, -0.05) is 0 Å². The van der Waals surface area contributed by atoms with Crippen LogP contribution in [0.15, 0.2) is 18.2 Å². The van der Waals surface area contributed by atoms with Crippen LogP contribution < -0.4 is 9.47 Å². The number of nitrogens with zero attached hydrogens (tertiary/aromatic N) is 1. The van der Waals surface area contributed by atoms with Crippen LogP contribution in [0.4, 0.5) is 13.2 Å². The molecule has 1 aliphatic rings. The maximum atomic E-state index is 12.4. The lowest BCUT2D eigenvalue weighted by Crippen LogP contribution is -2.42. The summed E-state index contributed by atoms with van der Waals surface area (Å²) >= 11 is 0. The number of ether oxygens (including phenoxy) is 2. The maximum Gasteiger partial charge on any atom is 0.389 e. The highest BCUT2D eigenvalue weighted by atomic mass is 32.2. The smallest absolute Gasteiger partial charge is 0.389 e. The summed E-state index contributed by atoms with van der Waals surface area (Å²) in [7, 11) is -1.90. The van der Waals surface area contributed by atoms with Gasteiger partial charge in [-0.2, -0.15) is 17.5 Å². The number of halogens is 3. The molecule has 0 bridgehead atoms. The first-order valence-corrected chi connectivity index (χ1v) is 10.4. The molecule has 1 heterocycles. The van der Waals surface area contributed by atoms with E-state index in [-0.39, 0.29) is 18.8 Å². The van der Waals surface area contributed by atoms with Gasteiger partial charge in [0.15, 0.2) is 0 Å². The van der Waals surface area contributed by atoms with Crippen molar-refractivity contribution in [1.29, 1.82) is 0 Å². The minimum absolute atomic E-state index is 0.0236. The van der Waals surface area contributed by atoms with E-state index in [4.69, 9.17) is 9.47 Å². The van der Waals surface area contributed by atoms with E-state index in [2.05, 4.69) is 0 Å². The molecule has 2 rings (SSSR count). The fourth-order valence-corrected chi connectivity index (χ4v) is 4.05. The predicted octanol–water partition coefficient (Wildman–Crippen LogP) is 4.29. The van der Waals surface area contributed by atoms with E-state index in [1.165, 1.54) is 11.4 Å². The van der Waals surface area contributed by atoms with Crippen LogP contribution in [0.2, 0.25) is 0 Å². The molecule has 5 nitrogen and oxygen atoms in total. The van der Waals surface area contributed by atoms with Crippen molar-refractivity contribution in [2.45, 2.75) is 57.9 Å². The standard InChI is InChI=1S/C18H26F3NO4S/c1-5-27(23,24)22(4)15-12-17(2,3)26-16-8-7-13(11-14(15)16)25-10-6-9-18(19,20)21/h7-8,11,15H,5-6,9-10,12H2,1-4H3. The van der Waals surface area contributed by atoms with E-state index in [1.54, 1.807) is 25.1 Å². The lowest BCUT2D eigenvalue weighted by Gasteiger charge is -2.40. The van der Waals surface area contributed by atoms with Crippen LogP contribution in [0.3, 0.4) is 0 Å². The first-order valence-electron chi connectivity index (χ1n) is 8.83. The zero-order valence-corrected chi connectivity index (χ0v) is 16.8. The van der Waals surface area contributed by atoms with Crippen molar-refractivity contribution in [1.82, 2.24) is 4.31 Å². The summed E-state index contributed by atoms with van der Waals surface area (Å²) in [6.07, 6.45) is -4.80. The summed E-state index contributed by atoms with van der Waals surface area (Å²) in [5.74, 6) is 0.924. The minimum Gasteiger partial charge on any atom is -0.494 e. The van der Waals surface area contributed by atoms with Gasteiger partial charge < -0.3 is 9.47 Å². The Balaban J connectivity index is 2.23. The average molecular weight is 409 g/mol. The molecule has 1 atom stereocenters. The largest absolute Gasteiger partial charge is 0.494 e. The number of fused-ring (bicyclic) bond motifs is 1. The molecule has 0 aliphatic carbocycles. The first-order chi connectivity index (χ1) is 12.3. The summed E-state index contributed by atoms with van der Waals surface area (Å²) in [6.45, 7) is 5.28. The third-order valence-corrected chi connectivity index (χ3v) is 6.39. The number of benzene rings is 1. The molecule has 1 unspecified atom stereocenters. The Morgan fingerprint density at radius 2 is 2.00 bits per heavy atom. The predicted molar refractivity (Wildman–Crippen MR) is 96.5 cm³/mol. The van der Waals surface area contributed by atoms with Crippen LogP contribution in [0.1, 0.15) is 51.6 Å². The number of hydrogen-bond donors (Lipinski definition) is 0.